The van der Waals surface area contributed by atoms with Crippen LogP contribution >= 0.6 is 0 Å². The lowest BCUT2D eigenvalue weighted by Gasteiger charge is -2.34. The van der Waals surface area contributed by atoms with E-state index in [1.807, 2.05) is 37.0 Å². The Morgan fingerprint density at radius 2 is 2.23 bits per heavy atom. The van der Waals surface area contributed by atoms with E-state index in [0.29, 0.717) is 6.04 Å². The molecule has 1 atom stereocenters. The number of hydrogen-bond acceptors (Lipinski definition) is 5. The first-order chi connectivity index (χ1) is 10.7. The standard InChI is InChI=1S/C16H24N6/c1-13-11-16(20-14(2)19-13)21-8-3-5-15(12-21)17-7-10-22-9-4-6-18-22/h4,6,9,11,15,17H,3,5,7-8,10,12H2,1-2H3/t15-/m0/s1. The van der Waals surface area contributed by atoms with Gasteiger partial charge in [0.15, 0.2) is 0 Å². The van der Waals surface area contributed by atoms with Gasteiger partial charge in [-0.25, -0.2) is 9.97 Å². The molecule has 0 amide bonds. The Morgan fingerprint density at radius 1 is 1.32 bits per heavy atom. The van der Waals surface area contributed by atoms with Crippen LogP contribution in [-0.2, 0) is 6.54 Å². The topological polar surface area (TPSA) is 58.9 Å². The quantitative estimate of drug-likeness (QED) is 0.908. The molecule has 22 heavy (non-hydrogen) atoms. The molecule has 0 radical (unpaired) electrons. The van der Waals surface area contributed by atoms with Crippen LogP contribution in [0.1, 0.15) is 24.4 Å². The first-order valence-electron chi connectivity index (χ1n) is 7.99. The molecule has 2 aromatic heterocycles. The normalized spacial score (nSPS) is 18.6. The summed E-state index contributed by atoms with van der Waals surface area (Å²) in [6.45, 7) is 7.93. The van der Waals surface area contributed by atoms with Crippen LogP contribution in [0.3, 0.4) is 0 Å². The highest BCUT2D eigenvalue weighted by atomic mass is 15.3. The fraction of sp³-hybridized carbons (Fsp3) is 0.562. The van der Waals surface area contributed by atoms with Gasteiger partial charge in [0.05, 0.1) is 6.54 Å². The third kappa shape index (κ3) is 3.82. The molecule has 0 aromatic carbocycles. The second-order valence-electron chi connectivity index (χ2n) is 5.92. The Morgan fingerprint density at radius 3 is 3.00 bits per heavy atom. The van der Waals surface area contributed by atoms with Crippen LogP contribution in [0.5, 0.6) is 0 Å². The lowest BCUT2D eigenvalue weighted by atomic mass is 10.1. The van der Waals surface area contributed by atoms with Crippen LogP contribution in [0.15, 0.2) is 24.5 Å². The molecule has 1 N–H and O–H groups in total. The molecule has 1 fully saturated rings. The molecule has 0 unspecified atom stereocenters. The van der Waals surface area contributed by atoms with Gasteiger partial charge in [-0.1, -0.05) is 0 Å². The maximum atomic E-state index is 4.59. The Hall–Kier alpha value is -1.95. The maximum absolute atomic E-state index is 4.59. The van der Waals surface area contributed by atoms with Gasteiger partial charge in [0.25, 0.3) is 0 Å². The zero-order valence-corrected chi connectivity index (χ0v) is 13.4. The Balaban J connectivity index is 1.54. The van der Waals surface area contributed by atoms with Crippen LogP contribution in [0.2, 0.25) is 0 Å². The van der Waals surface area contributed by atoms with E-state index in [9.17, 15) is 0 Å². The van der Waals surface area contributed by atoms with Crippen molar-refractivity contribution >= 4 is 5.82 Å². The van der Waals surface area contributed by atoms with Gasteiger partial charge in [-0.05, 0) is 32.8 Å². The summed E-state index contributed by atoms with van der Waals surface area (Å²) < 4.78 is 1.96. The molecule has 1 saturated heterocycles. The summed E-state index contributed by atoms with van der Waals surface area (Å²) in [4.78, 5) is 11.3. The summed E-state index contributed by atoms with van der Waals surface area (Å²) in [5, 5.41) is 7.87. The molecule has 3 heterocycles. The second kappa shape index (κ2) is 6.87. The fourth-order valence-electron chi connectivity index (χ4n) is 3.03. The van der Waals surface area contributed by atoms with Gasteiger partial charge in [0.2, 0.25) is 0 Å². The van der Waals surface area contributed by atoms with E-state index in [-0.39, 0.29) is 0 Å². The number of piperidine rings is 1. The summed E-state index contributed by atoms with van der Waals surface area (Å²) in [7, 11) is 0. The number of aryl methyl sites for hydroxylation is 2. The van der Waals surface area contributed by atoms with Crippen molar-refractivity contribution < 1.29 is 0 Å². The molecular weight excluding hydrogens is 276 g/mol. The zero-order chi connectivity index (χ0) is 15.4. The summed E-state index contributed by atoms with van der Waals surface area (Å²) >= 11 is 0. The largest absolute Gasteiger partial charge is 0.355 e. The van der Waals surface area contributed by atoms with Crippen LogP contribution in [0.4, 0.5) is 5.82 Å². The van der Waals surface area contributed by atoms with Gasteiger partial charge in [-0.2, -0.15) is 5.10 Å². The molecule has 3 rings (SSSR count). The molecule has 118 valence electrons. The maximum Gasteiger partial charge on any atom is 0.132 e. The van der Waals surface area contributed by atoms with Crippen LogP contribution < -0.4 is 10.2 Å². The third-order valence-corrected chi connectivity index (χ3v) is 4.03. The molecule has 6 nitrogen and oxygen atoms in total. The van der Waals surface area contributed by atoms with E-state index < -0.39 is 0 Å². The van der Waals surface area contributed by atoms with Gasteiger partial charge >= 0.3 is 0 Å². The lowest BCUT2D eigenvalue weighted by molar-refractivity contribution is 0.406. The highest BCUT2D eigenvalue weighted by molar-refractivity contribution is 5.40. The summed E-state index contributed by atoms with van der Waals surface area (Å²) in [6, 6.07) is 4.56. The predicted molar refractivity (Wildman–Crippen MR) is 87.0 cm³/mol. The van der Waals surface area contributed by atoms with E-state index in [4.69, 9.17) is 0 Å². The molecule has 2 aromatic rings. The van der Waals surface area contributed by atoms with Crippen LogP contribution in [-0.4, -0.2) is 45.4 Å². The minimum Gasteiger partial charge on any atom is -0.355 e. The molecule has 1 aliphatic rings. The minimum absolute atomic E-state index is 0.514. The van der Waals surface area contributed by atoms with E-state index in [1.54, 1.807) is 0 Å². The van der Waals surface area contributed by atoms with Crippen molar-refractivity contribution in [2.24, 2.45) is 0 Å². The van der Waals surface area contributed by atoms with E-state index in [0.717, 1.165) is 43.5 Å². The Bertz CT molecular complexity index is 574. The number of rotatable bonds is 5. The first-order valence-corrected chi connectivity index (χ1v) is 7.99. The highest BCUT2D eigenvalue weighted by Crippen LogP contribution is 2.18. The smallest absolute Gasteiger partial charge is 0.132 e. The number of hydrogen-bond donors (Lipinski definition) is 1. The van der Waals surface area contributed by atoms with Crippen molar-refractivity contribution in [3.05, 3.63) is 36.0 Å². The fourth-order valence-corrected chi connectivity index (χ4v) is 3.03. The van der Waals surface area contributed by atoms with E-state index in [1.165, 1.54) is 12.8 Å². The van der Waals surface area contributed by atoms with Crippen molar-refractivity contribution in [2.45, 2.75) is 39.3 Å². The molecule has 0 spiro atoms. The first kappa shape index (κ1) is 15.0. The zero-order valence-electron chi connectivity index (χ0n) is 13.4. The molecule has 0 saturated carbocycles. The van der Waals surface area contributed by atoms with Gasteiger partial charge in [0.1, 0.15) is 11.6 Å². The minimum atomic E-state index is 0.514. The number of nitrogens with one attached hydrogen (secondary N) is 1. The van der Waals surface area contributed by atoms with Crippen molar-refractivity contribution in [1.82, 2.24) is 25.1 Å². The summed E-state index contributed by atoms with van der Waals surface area (Å²) in [6.07, 6.45) is 6.24. The number of nitrogens with zero attached hydrogens (tertiary/aromatic N) is 5. The Kier molecular flexibility index (Phi) is 4.68. The van der Waals surface area contributed by atoms with Crippen LogP contribution in [0.25, 0.3) is 0 Å². The van der Waals surface area contributed by atoms with Crippen molar-refractivity contribution in [3.63, 3.8) is 0 Å². The van der Waals surface area contributed by atoms with E-state index >= 15 is 0 Å². The highest BCUT2D eigenvalue weighted by Gasteiger charge is 2.20. The second-order valence-corrected chi connectivity index (χ2v) is 5.92. The van der Waals surface area contributed by atoms with Gasteiger partial charge in [-0.15, -0.1) is 0 Å². The average Bonchev–Trinajstić information content (AvgIpc) is 3.00. The van der Waals surface area contributed by atoms with Crippen molar-refractivity contribution in [2.75, 3.05) is 24.5 Å². The van der Waals surface area contributed by atoms with Gasteiger partial charge < -0.3 is 10.2 Å². The van der Waals surface area contributed by atoms with Crippen molar-refractivity contribution in [1.29, 1.82) is 0 Å². The molecular formula is C16H24N6. The molecule has 0 aliphatic carbocycles. The third-order valence-electron chi connectivity index (χ3n) is 4.03. The summed E-state index contributed by atoms with van der Waals surface area (Å²) in [5.74, 6) is 1.91. The number of anilines is 1. The summed E-state index contributed by atoms with van der Waals surface area (Å²) in [5.41, 5.74) is 1.04. The van der Waals surface area contributed by atoms with E-state index in [2.05, 4.69) is 31.3 Å². The number of aromatic nitrogens is 4. The Labute approximate surface area is 131 Å². The van der Waals surface area contributed by atoms with Gasteiger partial charge in [0, 0.05) is 49.8 Å². The van der Waals surface area contributed by atoms with Crippen molar-refractivity contribution in [3.8, 4) is 0 Å². The molecule has 1 aliphatic heterocycles. The van der Waals surface area contributed by atoms with Crippen LogP contribution in [0, 0.1) is 13.8 Å². The predicted octanol–water partition coefficient (Wildman–Crippen LogP) is 1.55. The average molecular weight is 300 g/mol. The lowest BCUT2D eigenvalue weighted by Crippen LogP contribution is -2.46. The van der Waals surface area contributed by atoms with Gasteiger partial charge in [-0.3, -0.25) is 4.68 Å². The molecule has 6 heteroatoms. The monoisotopic (exact) mass is 300 g/mol. The SMILES string of the molecule is Cc1cc(N2CCC[C@H](NCCn3cccn3)C2)nc(C)n1. The molecule has 0 bridgehead atoms.